The van der Waals surface area contributed by atoms with E-state index < -0.39 is 11.7 Å². The van der Waals surface area contributed by atoms with Crippen molar-refractivity contribution in [3.05, 3.63) is 29.8 Å². The summed E-state index contributed by atoms with van der Waals surface area (Å²) in [6.07, 6.45) is -0.430. The predicted molar refractivity (Wildman–Crippen MR) is 75.4 cm³/mol. The molecule has 0 heterocycles. The highest BCUT2D eigenvalue weighted by atomic mass is 16.6. The van der Waals surface area contributed by atoms with E-state index in [9.17, 15) is 9.90 Å². The zero-order chi connectivity index (χ0) is 14.7. The lowest BCUT2D eigenvalue weighted by Crippen LogP contribution is -2.39. The number of nitrogens with one attached hydrogen (secondary N) is 1. The lowest BCUT2D eigenvalue weighted by molar-refractivity contribution is 0.0517. The van der Waals surface area contributed by atoms with Crippen molar-refractivity contribution < 1.29 is 14.6 Å². The van der Waals surface area contributed by atoms with E-state index in [4.69, 9.17) is 4.74 Å². The number of aromatic hydroxyl groups is 1. The number of rotatable bonds is 3. The summed E-state index contributed by atoms with van der Waals surface area (Å²) in [6.45, 7) is 9.91. The molecule has 0 radical (unpaired) electrons. The van der Waals surface area contributed by atoms with Gasteiger partial charge in [-0.25, -0.2) is 4.79 Å². The Morgan fingerprint density at radius 1 is 1.26 bits per heavy atom. The minimum Gasteiger partial charge on any atom is -0.508 e. The number of ether oxygens (including phenoxy) is 1. The highest BCUT2D eigenvalue weighted by Crippen LogP contribution is 2.25. The van der Waals surface area contributed by atoms with Crippen LogP contribution < -0.4 is 5.32 Å². The molecule has 1 aromatic carbocycles. The van der Waals surface area contributed by atoms with Crippen LogP contribution in [0.3, 0.4) is 0 Å². The molecule has 2 N–H and O–H groups in total. The summed E-state index contributed by atoms with van der Waals surface area (Å²) in [5.74, 6) is 0.225. The van der Waals surface area contributed by atoms with Crippen molar-refractivity contribution in [2.75, 3.05) is 6.54 Å². The quantitative estimate of drug-likeness (QED) is 0.882. The van der Waals surface area contributed by atoms with E-state index in [2.05, 4.69) is 5.32 Å². The van der Waals surface area contributed by atoms with Gasteiger partial charge in [0.15, 0.2) is 0 Å². The van der Waals surface area contributed by atoms with Crippen molar-refractivity contribution in [1.82, 2.24) is 5.32 Å². The van der Waals surface area contributed by atoms with Gasteiger partial charge in [0.2, 0.25) is 0 Å². The fourth-order valence-electron chi connectivity index (χ4n) is 1.64. The summed E-state index contributed by atoms with van der Waals surface area (Å²) in [7, 11) is 0. The van der Waals surface area contributed by atoms with Gasteiger partial charge in [-0.1, -0.05) is 26.0 Å². The van der Waals surface area contributed by atoms with Crippen molar-refractivity contribution in [1.29, 1.82) is 0 Å². The van der Waals surface area contributed by atoms with Crippen LogP contribution in [0.1, 0.15) is 40.2 Å². The Morgan fingerprint density at radius 3 is 2.42 bits per heavy atom. The summed E-state index contributed by atoms with van der Waals surface area (Å²) in [5, 5.41) is 12.2. The third-order valence-corrected chi connectivity index (χ3v) is 2.70. The van der Waals surface area contributed by atoms with Crippen molar-refractivity contribution >= 4 is 6.09 Å². The first-order valence-corrected chi connectivity index (χ1v) is 6.36. The number of phenolic OH excluding ortho intramolecular Hbond substituents is 1. The van der Waals surface area contributed by atoms with E-state index in [0.717, 1.165) is 5.56 Å². The molecule has 1 rings (SSSR count). The normalized spacial score (nSPS) is 12.1. The van der Waals surface area contributed by atoms with Crippen LogP contribution in [-0.2, 0) is 10.2 Å². The Bertz CT molecular complexity index is 447. The first kappa shape index (κ1) is 15.3. The number of hydrogen-bond donors (Lipinski definition) is 2. The average molecular weight is 265 g/mol. The van der Waals surface area contributed by atoms with Gasteiger partial charge in [0.25, 0.3) is 0 Å². The van der Waals surface area contributed by atoms with Crippen LogP contribution in [0.5, 0.6) is 5.75 Å². The second-order valence-corrected chi connectivity index (χ2v) is 6.29. The third kappa shape index (κ3) is 5.20. The van der Waals surface area contributed by atoms with Gasteiger partial charge < -0.3 is 15.2 Å². The minimum absolute atomic E-state index is 0.225. The maximum absolute atomic E-state index is 11.6. The van der Waals surface area contributed by atoms with Crippen LogP contribution in [0.2, 0.25) is 0 Å². The zero-order valence-electron chi connectivity index (χ0n) is 12.3. The lowest BCUT2D eigenvalue weighted by atomic mass is 9.84. The largest absolute Gasteiger partial charge is 0.508 e. The first-order chi connectivity index (χ1) is 8.60. The Labute approximate surface area is 114 Å². The van der Waals surface area contributed by atoms with E-state index in [1.165, 1.54) is 0 Å². The van der Waals surface area contributed by atoms with E-state index >= 15 is 0 Å². The molecular formula is C15H23NO3. The fourth-order valence-corrected chi connectivity index (χ4v) is 1.64. The summed E-state index contributed by atoms with van der Waals surface area (Å²) < 4.78 is 5.19. The zero-order valence-corrected chi connectivity index (χ0v) is 12.3. The Morgan fingerprint density at radius 2 is 1.89 bits per heavy atom. The van der Waals surface area contributed by atoms with Gasteiger partial charge in [-0.3, -0.25) is 0 Å². The molecule has 1 amide bonds. The molecule has 4 nitrogen and oxygen atoms in total. The highest BCUT2D eigenvalue weighted by Gasteiger charge is 2.23. The predicted octanol–water partition coefficient (Wildman–Crippen LogP) is 3.19. The minimum atomic E-state index is -0.501. The monoisotopic (exact) mass is 265 g/mol. The maximum atomic E-state index is 11.6. The second kappa shape index (κ2) is 5.51. The van der Waals surface area contributed by atoms with Gasteiger partial charge >= 0.3 is 6.09 Å². The molecule has 1 aromatic rings. The standard InChI is InChI=1S/C15H23NO3/c1-14(2,3)19-13(18)16-10-15(4,5)11-7-6-8-12(17)9-11/h6-9,17H,10H2,1-5H3,(H,16,18). The van der Waals surface area contributed by atoms with Crippen LogP contribution in [0.4, 0.5) is 4.79 Å². The molecule has 0 unspecified atom stereocenters. The highest BCUT2D eigenvalue weighted by molar-refractivity contribution is 5.67. The van der Waals surface area contributed by atoms with E-state index in [-0.39, 0.29) is 11.2 Å². The first-order valence-electron chi connectivity index (χ1n) is 6.36. The Balaban J connectivity index is 2.63. The molecule has 0 atom stereocenters. The van der Waals surface area contributed by atoms with Gasteiger partial charge in [0.05, 0.1) is 0 Å². The molecule has 0 aliphatic heterocycles. The summed E-state index contributed by atoms with van der Waals surface area (Å²) in [4.78, 5) is 11.6. The Kier molecular flexibility index (Phi) is 4.45. The van der Waals surface area contributed by atoms with Crippen molar-refractivity contribution in [3.63, 3.8) is 0 Å². The molecule has 106 valence electrons. The molecule has 0 saturated carbocycles. The summed E-state index contributed by atoms with van der Waals surface area (Å²) >= 11 is 0. The van der Waals surface area contributed by atoms with Gasteiger partial charge in [-0.05, 0) is 38.5 Å². The molecule has 0 aliphatic rings. The van der Waals surface area contributed by atoms with Gasteiger partial charge in [0, 0.05) is 12.0 Å². The number of hydrogen-bond acceptors (Lipinski definition) is 3. The van der Waals surface area contributed by atoms with Crippen LogP contribution >= 0.6 is 0 Å². The maximum Gasteiger partial charge on any atom is 0.407 e. The topological polar surface area (TPSA) is 58.6 Å². The van der Waals surface area contributed by atoms with Crippen LogP contribution in [0.25, 0.3) is 0 Å². The van der Waals surface area contributed by atoms with Crippen LogP contribution in [0.15, 0.2) is 24.3 Å². The number of benzene rings is 1. The summed E-state index contributed by atoms with van der Waals surface area (Å²) in [5.41, 5.74) is 0.179. The van der Waals surface area contributed by atoms with Crippen molar-refractivity contribution in [3.8, 4) is 5.75 Å². The van der Waals surface area contributed by atoms with Crippen LogP contribution in [-0.4, -0.2) is 23.3 Å². The number of carbonyl (C=O) groups is 1. The second-order valence-electron chi connectivity index (χ2n) is 6.29. The lowest BCUT2D eigenvalue weighted by Gasteiger charge is -2.27. The molecule has 4 heteroatoms. The number of alkyl carbamates (subject to hydrolysis) is 1. The van der Waals surface area contributed by atoms with Gasteiger partial charge in [-0.15, -0.1) is 0 Å². The third-order valence-electron chi connectivity index (χ3n) is 2.70. The SMILES string of the molecule is CC(C)(C)OC(=O)NCC(C)(C)c1cccc(O)c1. The van der Waals surface area contributed by atoms with Gasteiger partial charge in [-0.2, -0.15) is 0 Å². The van der Waals surface area contributed by atoms with E-state index in [1.54, 1.807) is 18.2 Å². The molecule has 0 fully saturated rings. The molecule has 0 spiro atoms. The molecular weight excluding hydrogens is 242 g/mol. The molecule has 0 aliphatic carbocycles. The van der Waals surface area contributed by atoms with Crippen molar-refractivity contribution in [2.45, 2.75) is 45.6 Å². The number of carbonyl (C=O) groups excluding carboxylic acids is 1. The molecule has 0 saturated heterocycles. The Hall–Kier alpha value is -1.71. The van der Waals surface area contributed by atoms with Crippen LogP contribution in [0, 0.1) is 0 Å². The molecule has 19 heavy (non-hydrogen) atoms. The number of phenols is 1. The average Bonchev–Trinajstić information content (AvgIpc) is 2.24. The van der Waals surface area contributed by atoms with E-state index in [0.29, 0.717) is 6.54 Å². The van der Waals surface area contributed by atoms with Crippen molar-refractivity contribution in [2.24, 2.45) is 0 Å². The summed E-state index contributed by atoms with van der Waals surface area (Å²) in [6, 6.07) is 7.05. The fraction of sp³-hybridized carbons (Fsp3) is 0.533. The molecule has 0 bridgehead atoms. The van der Waals surface area contributed by atoms with E-state index in [1.807, 2.05) is 40.7 Å². The number of amides is 1. The van der Waals surface area contributed by atoms with Gasteiger partial charge in [0.1, 0.15) is 11.4 Å². The molecule has 0 aromatic heterocycles. The smallest absolute Gasteiger partial charge is 0.407 e.